The van der Waals surface area contributed by atoms with Crippen LogP contribution in [0.1, 0.15) is 27.3 Å². The Balaban J connectivity index is 1.59. The van der Waals surface area contributed by atoms with E-state index in [0.29, 0.717) is 25.3 Å². The van der Waals surface area contributed by atoms with Crippen LogP contribution >= 0.6 is 0 Å². The van der Waals surface area contributed by atoms with Gasteiger partial charge in [-0.1, -0.05) is 42.5 Å². The highest BCUT2D eigenvalue weighted by atomic mass is 16.5. The summed E-state index contributed by atoms with van der Waals surface area (Å²) in [5.41, 5.74) is 2.97. The van der Waals surface area contributed by atoms with Gasteiger partial charge in [-0.2, -0.15) is 0 Å². The van der Waals surface area contributed by atoms with E-state index in [4.69, 9.17) is 4.74 Å². The van der Waals surface area contributed by atoms with Crippen molar-refractivity contribution in [2.75, 3.05) is 13.2 Å². The largest absolute Gasteiger partial charge is 0.492 e. The van der Waals surface area contributed by atoms with Gasteiger partial charge in [-0.25, -0.2) is 4.98 Å². The molecule has 138 valence electrons. The van der Waals surface area contributed by atoms with E-state index >= 15 is 0 Å². The van der Waals surface area contributed by atoms with Gasteiger partial charge in [0.05, 0.1) is 18.7 Å². The van der Waals surface area contributed by atoms with Crippen LogP contribution in [0.25, 0.3) is 0 Å². The van der Waals surface area contributed by atoms with E-state index in [1.54, 1.807) is 6.20 Å². The van der Waals surface area contributed by atoms with Crippen LogP contribution in [0.2, 0.25) is 0 Å². The topological polar surface area (TPSA) is 47.4 Å². The molecule has 0 unspecified atom stereocenters. The van der Waals surface area contributed by atoms with Crippen molar-refractivity contribution in [3.05, 3.63) is 83.4 Å². The lowest BCUT2D eigenvalue weighted by Crippen LogP contribution is -2.33. The summed E-state index contributed by atoms with van der Waals surface area (Å²) in [4.78, 5) is 19.6. The second kappa shape index (κ2) is 7.66. The van der Waals surface area contributed by atoms with Crippen molar-refractivity contribution in [3.63, 3.8) is 0 Å². The maximum atomic E-state index is 13.4. The van der Waals surface area contributed by atoms with Crippen LogP contribution in [0.3, 0.4) is 0 Å². The molecule has 3 aromatic rings. The molecule has 27 heavy (non-hydrogen) atoms. The number of hydrogen-bond acceptors (Lipinski definition) is 3. The lowest BCUT2D eigenvalue weighted by atomic mass is 10.1. The fourth-order valence-corrected chi connectivity index (χ4v) is 3.43. The van der Waals surface area contributed by atoms with E-state index in [9.17, 15) is 4.79 Å². The van der Waals surface area contributed by atoms with Crippen molar-refractivity contribution in [1.82, 2.24) is 14.5 Å². The Morgan fingerprint density at radius 2 is 2.04 bits per heavy atom. The molecule has 0 aliphatic carbocycles. The van der Waals surface area contributed by atoms with Gasteiger partial charge in [0.15, 0.2) is 0 Å². The summed E-state index contributed by atoms with van der Waals surface area (Å²) < 4.78 is 7.71. The van der Waals surface area contributed by atoms with E-state index in [1.807, 2.05) is 59.1 Å². The van der Waals surface area contributed by atoms with Crippen molar-refractivity contribution in [2.24, 2.45) is 7.05 Å². The number of ether oxygens (including phenoxy) is 1. The van der Waals surface area contributed by atoms with Crippen LogP contribution in [0.4, 0.5) is 0 Å². The van der Waals surface area contributed by atoms with Crippen molar-refractivity contribution < 1.29 is 9.53 Å². The molecule has 0 saturated carbocycles. The van der Waals surface area contributed by atoms with Gasteiger partial charge in [0.1, 0.15) is 11.6 Å². The summed E-state index contributed by atoms with van der Waals surface area (Å²) in [6.07, 6.45) is 5.32. The van der Waals surface area contributed by atoms with Crippen molar-refractivity contribution in [1.29, 1.82) is 0 Å². The molecule has 0 N–H and O–H groups in total. The summed E-state index contributed by atoms with van der Waals surface area (Å²) in [5.74, 6) is 1.60. The summed E-state index contributed by atoms with van der Waals surface area (Å²) in [6, 6.07) is 16.1. The molecule has 1 aliphatic heterocycles. The number of aromatic nitrogens is 2. The highest BCUT2D eigenvalue weighted by Crippen LogP contribution is 2.30. The third kappa shape index (κ3) is 3.72. The van der Waals surface area contributed by atoms with Gasteiger partial charge in [-0.05, 0) is 23.6 Å². The Labute approximate surface area is 159 Å². The molecule has 0 atom stereocenters. The number of benzene rings is 2. The van der Waals surface area contributed by atoms with Gasteiger partial charge >= 0.3 is 0 Å². The number of nitrogens with zero attached hydrogens (tertiary/aromatic N) is 3. The van der Waals surface area contributed by atoms with Crippen LogP contribution in [-0.2, 0) is 26.4 Å². The van der Waals surface area contributed by atoms with Gasteiger partial charge in [0, 0.05) is 32.4 Å². The Kier molecular flexibility index (Phi) is 4.92. The third-order valence-corrected chi connectivity index (χ3v) is 5.00. The molecule has 5 heteroatoms. The number of carbonyl (C=O) groups excluding carboxylic acids is 1. The fourth-order valence-electron chi connectivity index (χ4n) is 3.43. The molecule has 2 aromatic carbocycles. The molecule has 0 saturated heterocycles. The number of carbonyl (C=O) groups is 1. The smallest absolute Gasteiger partial charge is 0.258 e. The first-order chi connectivity index (χ1) is 13.2. The number of aryl methyl sites for hydroxylation is 1. The SMILES string of the molecule is Cn1ccnc1CN(CCc1ccccc1)C(=O)c1cccc2c1OCC2. The fraction of sp³-hybridized carbons (Fsp3) is 0.273. The van der Waals surface area contributed by atoms with Crippen molar-refractivity contribution >= 4 is 5.91 Å². The Bertz CT molecular complexity index is 934. The van der Waals surface area contributed by atoms with E-state index in [-0.39, 0.29) is 5.91 Å². The maximum Gasteiger partial charge on any atom is 0.258 e. The average Bonchev–Trinajstić information content (AvgIpc) is 3.34. The zero-order valence-electron chi connectivity index (χ0n) is 15.5. The standard InChI is InChI=1S/C22H23N3O2/c1-24-14-12-23-20(24)16-25(13-10-17-6-3-2-4-7-17)22(26)19-9-5-8-18-11-15-27-21(18)19/h2-9,12,14H,10-11,13,15-16H2,1H3. The van der Waals surface area contributed by atoms with Crippen LogP contribution in [-0.4, -0.2) is 33.5 Å². The first-order valence-electron chi connectivity index (χ1n) is 9.26. The van der Waals surface area contributed by atoms with Crippen molar-refractivity contribution in [3.8, 4) is 5.75 Å². The first-order valence-corrected chi connectivity index (χ1v) is 9.26. The maximum absolute atomic E-state index is 13.4. The van der Waals surface area contributed by atoms with Gasteiger partial charge in [0.2, 0.25) is 0 Å². The number of para-hydroxylation sites is 1. The monoisotopic (exact) mass is 361 g/mol. The summed E-state index contributed by atoms with van der Waals surface area (Å²) in [5, 5.41) is 0. The Morgan fingerprint density at radius 3 is 2.81 bits per heavy atom. The predicted octanol–water partition coefficient (Wildman–Crippen LogP) is 3.24. The van der Waals surface area contributed by atoms with Crippen molar-refractivity contribution in [2.45, 2.75) is 19.4 Å². The van der Waals surface area contributed by atoms with Crippen LogP contribution in [0.15, 0.2) is 60.9 Å². The van der Waals surface area contributed by atoms with Crippen LogP contribution in [0.5, 0.6) is 5.75 Å². The molecule has 1 aliphatic rings. The van der Waals surface area contributed by atoms with E-state index in [2.05, 4.69) is 17.1 Å². The number of fused-ring (bicyclic) bond motifs is 1. The van der Waals surface area contributed by atoms with Gasteiger partial charge in [-0.15, -0.1) is 0 Å². The Hall–Kier alpha value is -3.08. The molecule has 0 radical (unpaired) electrons. The lowest BCUT2D eigenvalue weighted by Gasteiger charge is -2.23. The second-order valence-electron chi connectivity index (χ2n) is 6.81. The van der Waals surface area contributed by atoms with Crippen LogP contribution in [0, 0.1) is 0 Å². The predicted molar refractivity (Wildman–Crippen MR) is 104 cm³/mol. The molecule has 1 amide bonds. The Morgan fingerprint density at radius 1 is 1.19 bits per heavy atom. The average molecular weight is 361 g/mol. The molecule has 0 bridgehead atoms. The summed E-state index contributed by atoms with van der Waals surface area (Å²) in [6.45, 7) is 1.74. The second-order valence-corrected chi connectivity index (χ2v) is 6.81. The zero-order chi connectivity index (χ0) is 18.6. The van der Waals surface area contributed by atoms with Gasteiger partial charge < -0.3 is 14.2 Å². The highest BCUT2D eigenvalue weighted by molar-refractivity contribution is 5.97. The first kappa shape index (κ1) is 17.3. The molecule has 1 aromatic heterocycles. The molecular formula is C22H23N3O2. The summed E-state index contributed by atoms with van der Waals surface area (Å²) in [7, 11) is 1.95. The van der Waals surface area contributed by atoms with Crippen LogP contribution < -0.4 is 4.74 Å². The minimum Gasteiger partial charge on any atom is -0.492 e. The minimum atomic E-state index is -0.00678. The molecule has 0 spiro atoms. The lowest BCUT2D eigenvalue weighted by molar-refractivity contribution is 0.0736. The normalized spacial score (nSPS) is 12.5. The highest BCUT2D eigenvalue weighted by Gasteiger charge is 2.25. The van der Waals surface area contributed by atoms with E-state index < -0.39 is 0 Å². The molecule has 2 heterocycles. The number of amides is 1. The summed E-state index contributed by atoms with van der Waals surface area (Å²) >= 11 is 0. The number of hydrogen-bond donors (Lipinski definition) is 0. The third-order valence-electron chi connectivity index (χ3n) is 5.00. The number of rotatable bonds is 6. The quantitative estimate of drug-likeness (QED) is 0.677. The van der Waals surface area contributed by atoms with Gasteiger partial charge in [-0.3, -0.25) is 4.79 Å². The van der Waals surface area contributed by atoms with E-state index in [0.717, 1.165) is 30.0 Å². The molecule has 5 nitrogen and oxygen atoms in total. The molecular weight excluding hydrogens is 338 g/mol. The molecule has 0 fully saturated rings. The molecule has 4 rings (SSSR count). The minimum absolute atomic E-state index is 0.00678. The zero-order valence-corrected chi connectivity index (χ0v) is 15.5. The van der Waals surface area contributed by atoms with Gasteiger partial charge in [0.25, 0.3) is 5.91 Å². The van der Waals surface area contributed by atoms with E-state index in [1.165, 1.54) is 5.56 Å². The number of imidazole rings is 1.